The zero-order valence-corrected chi connectivity index (χ0v) is 33.8. The number of fused-ring (bicyclic) bond motifs is 2. The summed E-state index contributed by atoms with van der Waals surface area (Å²) in [4.78, 5) is 45.8. The summed E-state index contributed by atoms with van der Waals surface area (Å²) in [5, 5.41) is 11.0. The smallest absolute Gasteiger partial charge is 0.420 e. The van der Waals surface area contributed by atoms with Crippen molar-refractivity contribution in [3.8, 4) is 11.5 Å². The van der Waals surface area contributed by atoms with Gasteiger partial charge in [0.2, 0.25) is 0 Å². The van der Waals surface area contributed by atoms with Crippen molar-refractivity contribution < 1.29 is 57.4 Å². The third kappa shape index (κ3) is 12.5. The Morgan fingerprint density at radius 1 is 1.04 bits per heavy atom. The highest BCUT2D eigenvalue weighted by Crippen LogP contribution is 2.35. The van der Waals surface area contributed by atoms with Gasteiger partial charge in [0.05, 0.1) is 19.2 Å². The highest BCUT2D eigenvalue weighted by Gasteiger charge is 2.43. The fraction of sp³-hybridized carbons (Fsp3) is 0.600. The van der Waals surface area contributed by atoms with Crippen LogP contribution in [0.2, 0.25) is 0 Å². The van der Waals surface area contributed by atoms with Gasteiger partial charge in [-0.3, -0.25) is 4.90 Å². The lowest BCUT2D eigenvalue weighted by Gasteiger charge is -2.27. The maximum atomic E-state index is 13.8. The van der Waals surface area contributed by atoms with Crippen molar-refractivity contribution in [3.63, 3.8) is 0 Å². The minimum absolute atomic E-state index is 0.0220. The lowest BCUT2D eigenvalue weighted by atomic mass is 9.99. The summed E-state index contributed by atoms with van der Waals surface area (Å²) < 4.78 is 47.8. The van der Waals surface area contributed by atoms with Crippen LogP contribution in [0.15, 0.2) is 42.8 Å². The van der Waals surface area contributed by atoms with E-state index in [2.05, 4.69) is 4.98 Å². The molecule has 0 radical (unpaired) electrons. The second-order valence-electron chi connectivity index (χ2n) is 16.0. The maximum Gasteiger partial charge on any atom is 0.420 e. The van der Waals surface area contributed by atoms with E-state index in [1.165, 1.54) is 29.0 Å². The van der Waals surface area contributed by atoms with Gasteiger partial charge in [0.25, 0.3) is 0 Å². The van der Waals surface area contributed by atoms with Crippen LogP contribution < -0.4 is 9.47 Å². The zero-order chi connectivity index (χ0) is 40.7. The van der Waals surface area contributed by atoms with Gasteiger partial charge in [-0.2, -0.15) is 0 Å². The molecule has 55 heavy (non-hydrogen) atoms. The van der Waals surface area contributed by atoms with Gasteiger partial charge in [-0.15, -0.1) is 0 Å². The van der Waals surface area contributed by atoms with E-state index in [1.807, 2.05) is 13.0 Å². The molecule has 1 aromatic carbocycles. The summed E-state index contributed by atoms with van der Waals surface area (Å²) in [6.45, 7) is 17.5. The standard InChI is InChI=1S/C40H57N3O12/c1-25-15-16-29(44)34-30(52-40(9,10)53-34)14-12-13-27-21-28(22-31(50-24-48-11)33(27)35(45)51-26(25)2)49-20-19-42(36(46)54-38(3,4)5)23-32-41-17-18-43(32)37(47)55-39(6,7)8/h12-13,15-18,21-22,25-26,29-30,34,44H,14,19-20,23-24H2,1-11H3/b13-12?,16-15-/t25-,26+,29?,30+,34-/m1/s1. The number of hydrogen-bond acceptors (Lipinski definition) is 13. The molecule has 0 bridgehead atoms. The van der Waals surface area contributed by atoms with Crippen LogP contribution in [0.1, 0.15) is 97.4 Å². The number of esters is 1. The molecule has 2 aromatic rings. The van der Waals surface area contributed by atoms with Crippen molar-refractivity contribution in [3.05, 3.63) is 59.7 Å². The molecule has 1 amide bonds. The van der Waals surface area contributed by atoms with E-state index in [0.29, 0.717) is 17.7 Å². The van der Waals surface area contributed by atoms with Gasteiger partial charge in [0.15, 0.2) is 12.6 Å². The van der Waals surface area contributed by atoms with Crippen LogP contribution in [-0.4, -0.2) is 106 Å². The fourth-order valence-electron chi connectivity index (χ4n) is 5.77. The van der Waals surface area contributed by atoms with Crippen molar-refractivity contribution in [1.29, 1.82) is 0 Å². The van der Waals surface area contributed by atoms with Gasteiger partial charge >= 0.3 is 18.2 Å². The molecule has 3 heterocycles. The van der Waals surface area contributed by atoms with E-state index < -0.39 is 59.6 Å². The number of aromatic nitrogens is 2. The highest BCUT2D eigenvalue weighted by molar-refractivity contribution is 5.97. The molecular weight excluding hydrogens is 714 g/mol. The number of ether oxygens (including phenoxy) is 8. The molecule has 2 aliphatic rings. The van der Waals surface area contributed by atoms with Crippen LogP contribution in [0.5, 0.6) is 11.5 Å². The van der Waals surface area contributed by atoms with E-state index in [4.69, 9.17) is 37.9 Å². The number of amides is 1. The topological polar surface area (TPSA) is 166 Å². The minimum Gasteiger partial charge on any atom is -0.492 e. The molecule has 1 unspecified atom stereocenters. The van der Waals surface area contributed by atoms with Gasteiger partial charge < -0.3 is 43.0 Å². The fourth-order valence-corrected chi connectivity index (χ4v) is 5.77. The second kappa shape index (κ2) is 18.0. The van der Waals surface area contributed by atoms with Crippen LogP contribution in [0.25, 0.3) is 6.08 Å². The Kier molecular flexibility index (Phi) is 14.2. The van der Waals surface area contributed by atoms with E-state index in [-0.39, 0.29) is 49.5 Å². The average Bonchev–Trinajstić information content (AvgIpc) is 3.66. The molecule has 1 saturated heterocycles. The predicted octanol–water partition coefficient (Wildman–Crippen LogP) is 6.50. The number of benzene rings is 1. The van der Waals surface area contributed by atoms with Gasteiger partial charge in [-0.1, -0.05) is 31.2 Å². The second-order valence-corrected chi connectivity index (χ2v) is 16.0. The van der Waals surface area contributed by atoms with Crippen molar-refractivity contribution in [2.45, 2.75) is 124 Å². The molecule has 1 fully saturated rings. The van der Waals surface area contributed by atoms with E-state index >= 15 is 0 Å². The predicted molar refractivity (Wildman–Crippen MR) is 202 cm³/mol. The summed E-state index contributed by atoms with van der Waals surface area (Å²) in [6.07, 6.45) is 6.36. The quantitative estimate of drug-likeness (QED) is 0.127. The number of imidazole rings is 1. The van der Waals surface area contributed by atoms with Gasteiger partial charge in [0, 0.05) is 31.5 Å². The Morgan fingerprint density at radius 3 is 2.42 bits per heavy atom. The van der Waals surface area contributed by atoms with Crippen molar-refractivity contribution >= 4 is 24.2 Å². The third-order valence-corrected chi connectivity index (χ3v) is 8.43. The molecule has 304 valence electrons. The van der Waals surface area contributed by atoms with Gasteiger partial charge in [-0.05, 0) is 80.4 Å². The molecule has 2 aliphatic heterocycles. The maximum absolute atomic E-state index is 13.8. The Morgan fingerprint density at radius 2 is 1.75 bits per heavy atom. The lowest BCUT2D eigenvalue weighted by Crippen LogP contribution is -2.39. The molecule has 5 atom stereocenters. The first-order valence-electron chi connectivity index (χ1n) is 18.4. The summed E-state index contributed by atoms with van der Waals surface area (Å²) in [6, 6.07) is 3.22. The number of carbonyl (C=O) groups excluding carboxylic acids is 3. The molecule has 4 rings (SSSR count). The summed E-state index contributed by atoms with van der Waals surface area (Å²) in [7, 11) is 1.46. The molecule has 1 N–H and O–H groups in total. The summed E-state index contributed by atoms with van der Waals surface area (Å²) >= 11 is 0. The number of hydrogen-bond donors (Lipinski definition) is 1. The number of aliphatic hydroxyl groups is 1. The van der Waals surface area contributed by atoms with Crippen LogP contribution in [-0.2, 0) is 35.0 Å². The number of nitrogens with zero attached hydrogens (tertiary/aromatic N) is 3. The Labute approximate surface area is 323 Å². The van der Waals surface area contributed by atoms with Crippen LogP contribution in [0.4, 0.5) is 9.59 Å². The number of aliphatic hydroxyl groups excluding tert-OH is 1. The molecule has 15 heteroatoms. The number of methoxy groups -OCH3 is 1. The number of rotatable bonds is 9. The Balaban J connectivity index is 1.65. The molecule has 0 spiro atoms. The third-order valence-electron chi connectivity index (χ3n) is 8.43. The normalized spacial score (nSPS) is 23.4. The molecule has 15 nitrogen and oxygen atoms in total. The van der Waals surface area contributed by atoms with Crippen LogP contribution in [0.3, 0.4) is 0 Å². The molecule has 1 aromatic heterocycles. The molecule has 0 aliphatic carbocycles. The van der Waals surface area contributed by atoms with Crippen LogP contribution in [0, 0.1) is 5.92 Å². The van der Waals surface area contributed by atoms with Crippen molar-refractivity contribution in [1.82, 2.24) is 14.5 Å². The number of carbonyl (C=O) groups is 3. The minimum atomic E-state index is -0.951. The van der Waals surface area contributed by atoms with E-state index in [0.717, 1.165) is 0 Å². The largest absolute Gasteiger partial charge is 0.492 e. The Bertz CT molecular complexity index is 1700. The first kappa shape index (κ1) is 43.3. The highest BCUT2D eigenvalue weighted by atomic mass is 16.8. The molecular formula is C40H57N3O12. The van der Waals surface area contributed by atoms with Crippen LogP contribution >= 0.6 is 0 Å². The first-order chi connectivity index (χ1) is 25.7. The first-order valence-corrected chi connectivity index (χ1v) is 18.4. The summed E-state index contributed by atoms with van der Waals surface area (Å²) in [5.41, 5.74) is -0.957. The Hall–Kier alpha value is -4.44. The van der Waals surface area contributed by atoms with E-state index in [1.54, 1.807) is 92.7 Å². The number of cyclic esters (lactones) is 1. The van der Waals surface area contributed by atoms with Crippen molar-refractivity contribution in [2.24, 2.45) is 5.92 Å². The zero-order valence-electron chi connectivity index (χ0n) is 33.8. The average molecular weight is 772 g/mol. The summed E-state index contributed by atoms with van der Waals surface area (Å²) in [5.74, 6) is -1.05. The van der Waals surface area contributed by atoms with Gasteiger partial charge in [0.1, 0.15) is 59.0 Å². The van der Waals surface area contributed by atoms with Crippen molar-refractivity contribution in [2.75, 3.05) is 27.1 Å². The monoisotopic (exact) mass is 771 g/mol. The SMILES string of the molecule is COCOc1cc(OCCN(Cc2nccn2C(=O)OC(C)(C)C)C(=O)OC(C)(C)C)cc2c1C(=O)O[C@@H](C)[C@H](C)/C=C\C(O)[C@H]1OC(C)(C)O[C@H]1CC=C2. The lowest BCUT2D eigenvalue weighted by molar-refractivity contribution is -0.152. The van der Waals surface area contributed by atoms with E-state index in [9.17, 15) is 19.5 Å². The van der Waals surface area contributed by atoms with Gasteiger partial charge in [-0.25, -0.2) is 23.9 Å². The molecule has 0 saturated carbocycles.